The Kier molecular flexibility index (Phi) is 3.62. The largest absolute Gasteiger partial charge is 0.396 e. The first-order chi connectivity index (χ1) is 9.63. The fourth-order valence-corrected chi connectivity index (χ4v) is 2.98. The summed E-state index contributed by atoms with van der Waals surface area (Å²) < 4.78 is 7.34. The normalized spacial score (nSPS) is 26.4. The van der Waals surface area contributed by atoms with Crippen LogP contribution in [0.2, 0.25) is 0 Å². The molecule has 0 aromatic carbocycles. The number of aryl methyl sites for hydroxylation is 1. The number of ether oxygens (including phenoxy) is 1. The van der Waals surface area contributed by atoms with Crippen LogP contribution in [0.15, 0.2) is 6.20 Å². The molecule has 1 aromatic heterocycles. The van der Waals surface area contributed by atoms with E-state index in [0.717, 1.165) is 19.7 Å². The summed E-state index contributed by atoms with van der Waals surface area (Å²) >= 11 is 0. The maximum Gasteiger partial charge on any atom is 0.274 e. The Balaban J connectivity index is 1.52. The van der Waals surface area contributed by atoms with Crippen LogP contribution in [0.25, 0.3) is 0 Å². The molecular weight excluding hydrogens is 258 g/mol. The molecule has 7 nitrogen and oxygen atoms in total. The van der Waals surface area contributed by atoms with E-state index in [2.05, 4.69) is 15.3 Å². The molecule has 20 heavy (non-hydrogen) atoms. The number of hydrogen-bond acceptors (Lipinski definition) is 5. The zero-order valence-corrected chi connectivity index (χ0v) is 11.7. The highest BCUT2D eigenvalue weighted by Gasteiger charge is 2.32. The number of nitrogen functional groups attached to an aromatic ring is 1. The fourth-order valence-electron chi connectivity index (χ4n) is 2.98. The highest BCUT2D eigenvalue weighted by Crippen LogP contribution is 2.22. The summed E-state index contributed by atoms with van der Waals surface area (Å²) in [5.41, 5.74) is 6.41. The zero-order chi connectivity index (χ0) is 14.1. The number of anilines is 1. The number of fused-ring (bicyclic) bond motifs is 1. The number of morpholine rings is 1. The molecule has 0 bridgehead atoms. The van der Waals surface area contributed by atoms with E-state index in [9.17, 15) is 4.79 Å². The van der Waals surface area contributed by atoms with Crippen molar-refractivity contribution in [3.63, 3.8) is 0 Å². The van der Waals surface area contributed by atoms with Crippen molar-refractivity contribution in [2.24, 2.45) is 7.05 Å². The predicted molar refractivity (Wildman–Crippen MR) is 74.3 cm³/mol. The third kappa shape index (κ3) is 2.64. The molecule has 0 aliphatic carbocycles. The van der Waals surface area contributed by atoms with Crippen LogP contribution in [-0.2, 0) is 11.8 Å². The Morgan fingerprint density at radius 2 is 2.50 bits per heavy atom. The second-order valence-corrected chi connectivity index (χ2v) is 5.56. The van der Waals surface area contributed by atoms with Crippen molar-refractivity contribution >= 4 is 11.6 Å². The fraction of sp³-hybridized carbons (Fsp3) is 0.692. The molecule has 2 aliphatic heterocycles. The molecular formula is C13H21N5O2. The first kappa shape index (κ1) is 13.4. The van der Waals surface area contributed by atoms with E-state index in [0.29, 0.717) is 18.3 Å². The Bertz CT molecular complexity index is 501. The van der Waals surface area contributed by atoms with E-state index in [1.165, 1.54) is 17.5 Å². The van der Waals surface area contributed by atoms with Crippen molar-refractivity contribution in [2.45, 2.75) is 25.0 Å². The molecule has 3 rings (SSSR count). The van der Waals surface area contributed by atoms with Crippen molar-refractivity contribution in [1.82, 2.24) is 20.0 Å². The summed E-state index contributed by atoms with van der Waals surface area (Å²) in [6.07, 6.45) is 4.15. The van der Waals surface area contributed by atoms with Gasteiger partial charge in [-0.15, -0.1) is 0 Å². The average Bonchev–Trinajstić information content (AvgIpc) is 3.01. The summed E-state index contributed by atoms with van der Waals surface area (Å²) in [6.45, 7) is 3.30. The molecule has 2 fully saturated rings. The van der Waals surface area contributed by atoms with Crippen LogP contribution >= 0.6 is 0 Å². The number of hydrogen-bond donors (Lipinski definition) is 2. The zero-order valence-electron chi connectivity index (χ0n) is 11.7. The van der Waals surface area contributed by atoms with Gasteiger partial charge < -0.3 is 15.8 Å². The van der Waals surface area contributed by atoms with Gasteiger partial charge in [0.25, 0.3) is 5.91 Å². The highest BCUT2D eigenvalue weighted by atomic mass is 16.5. The lowest BCUT2D eigenvalue weighted by Crippen LogP contribution is -2.50. The number of rotatable bonds is 3. The van der Waals surface area contributed by atoms with Crippen LogP contribution in [0.1, 0.15) is 23.3 Å². The summed E-state index contributed by atoms with van der Waals surface area (Å²) in [7, 11) is 1.74. The molecule has 3 N–H and O–H groups in total. The van der Waals surface area contributed by atoms with Crippen LogP contribution in [0.4, 0.5) is 5.69 Å². The van der Waals surface area contributed by atoms with E-state index in [1.807, 2.05) is 0 Å². The summed E-state index contributed by atoms with van der Waals surface area (Å²) in [4.78, 5) is 14.5. The predicted octanol–water partition coefficient (Wildman–Crippen LogP) is -0.405. The summed E-state index contributed by atoms with van der Waals surface area (Å²) in [6, 6.07) is 0.577. The van der Waals surface area contributed by atoms with Gasteiger partial charge in [0, 0.05) is 32.4 Å². The van der Waals surface area contributed by atoms with Crippen LogP contribution in [0.3, 0.4) is 0 Å². The van der Waals surface area contributed by atoms with Crippen molar-refractivity contribution in [3.05, 3.63) is 11.9 Å². The number of amides is 1. The van der Waals surface area contributed by atoms with E-state index in [1.54, 1.807) is 13.2 Å². The lowest BCUT2D eigenvalue weighted by atomic mass is 10.2. The lowest BCUT2D eigenvalue weighted by Gasteiger charge is -2.35. The van der Waals surface area contributed by atoms with Gasteiger partial charge in [0.05, 0.1) is 18.4 Å². The first-order valence-corrected chi connectivity index (χ1v) is 7.06. The van der Waals surface area contributed by atoms with Gasteiger partial charge >= 0.3 is 0 Å². The van der Waals surface area contributed by atoms with Crippen LogP contribution in [-0.4, -0.2) is 59.0 Å². The number of carbonyl (C=O) groups excluding carboxylic acids is 1. The molecule has 0 spiro atoms. The molecule has 0 radical (unpaired) electrons. The van der Waals surface area contributed by atoms with Gasteiger partial charge in [-0.25, -0.2) is 0 Å². The maximum atomic E-state index is 12.0. The van der Waals surface area contributed by atoms with E-state index < -0.39 is 0 Å². The highest BCUT2D eigenvalue weighted by molar-refractivity contribution is 5.96. The van der Waals surface area contributed by atoms with E-state index >= 15 is 0 Å². The maximum absolute atomic E-state index is 12.0. The van der Waals surface area contributed by atoms with Gasteiger partial charge in [-0.2, -0.15) is 5.10 Å². The van der Waals surface area contributed by atoms with Crippen LogP contribution < -0.4 is 11.1 Å². The van der Waals surface area contributed by atoms with Gasteiger partial charge in [0.2, 0.25) is 0 Å². The minimum Gasteiger partial charge on any atom is -0.396 e. The Morgan fingerprint density at radius 1 is 1.65 bits per heavy atom. The van der Waals surface area contributed by atoms with Crippen molar-refractivity contribution in [2.75, 3.05) is 32.0 Å². The SMILES string of the molecule is Cn1cc(N)c(C(=O)NCC2CN3CCCC3CO2)n1. The molecule has 2 unspecified atom stereocenters. The molecule has 2 saturated heterocycles. The first-order valence-electron chi connectivity index (χ1n) is 7.06. The molecule has 0 saturated carbocycles. The second kappa shape index (κ2) is 5.41. The summed E-state index contributed by atoms with van der Waals surface area (Å²) in [5, 5.41) is 6.91. The van der Waals surface area contributed by atoms with Crippen LogP contribution in [0, 0.1) is 0 Å². The molecule has 3 heterocycles. The Hall–Kier alpha value is -1.60. The second-order valence-electron chi connectivity index (χ2n) is 5.56. The monoisotopic (exact) mass is 279 g/mol. The van der Waals surface area contributed by atoms with Crippen molar-refractivity contribution in [3.8, 4) is 0 Å². The van der Waals surface area contributed by atoms with Gasteiger partial charge in [0.15, 0.2) is 5.69 Å². The number of nitrogens with one attached hydrogen (secondary N) is 1. The molecule has 1 aromatic rings. The van der Waals surface area contributed by atoms with Crippen molar-refractivity contribution < 1.29 is 9.53 Å². The average molecular weight is 279 g/mol. The minimum absolute atomic E-state index is 0.0539. The Labute approximate surface area is 118 Å². The van der Waals surface area contributed by atoms with E-state index in [-0.39, 0.29) is 17.7 Å². The molecule has 2 aliphatic rings. The van der Waals surface area contributed by atoms with E-state index in [4.69, 9.17) is 10.5 Å². The Morgan fingerprint density at radius 3 is 3.25 bits per heavy atom. The molecule has 110 valence electrons. The number of aromatic nitrogens is 2. The topological polar surface area (TPSA) is 85.4 Å². The van der Waals surface area contributed by atoms with Gasteiger partial charge in [-0.3, -0.25) is 14.4 Å². The quantitative estimate of drug-likeness (QED) is 0.786. The third-order valence-electron chi connectivity index (χ3n) is 4.02. The lowest BCUT2D eigenvalue weighted by molar-refractivity contribution is -0.0462. The molecule has 2 atom stereocenters. The molecule has 7 heteroatoms. The number of nitrogens with zero attached hydrogens (tertiary/aromatic N) is 3. The van der Waals surface area contributed by atoms with Crippen molar-refractivity contribution in [1.29, 1.82) is 0 Å². The van der Waals surface area contributed by atoms with Gasteiger partial charge in [-0.1, -0.05) is 0 Å². The smallest absolute Gasteiger partial charge is 0.274 e. The van der Waals surface area contributed by atoms with Gasteiger partial charge in [0.1, 0.15) is 0 Å². The number of carbonyl (C=O) groups is 1. The molecule has 1 amide bonds. The minimum atomic E-state index is -0.241. The van der Waals surface area contributed by atoms with Crippen LogP contribution in [0.5, 0.6) is 0 Å². The van der Waals surface area contributed by atoms with Gasteiger partial charge in [-0.05, 0) is 19.4 Å². The third-order valence-corrected chi connectivity index (χ3v) is 4.02. The number of nitrogens with two attached hydrogens (primary N) is 1. The standard InChI is InChI=1S/C13H21N5O2/c1-17-7-11(14)12(16-17)13(19)15-5-10-6-18-4-2-3-9(18)8-20-10/h7,9-10H,2-6,8,14H2,1H3,(H,15,19). The summed E-state index contributed by atoms with van der Waals surface area (Å²) in [5.74, 6) is -0.241.